The second-order valence-electron chi connectivity index (χ2n) is 6.11. The number of carboxylic acids is 1. The van der Waals surface area contributed by atoms with Gasteiger partial charge in [-0.2, -0.15) is 0 Å². The van der Waals surface area contributed by atoms with Crippen LogP contribution in [0.5, 0.6) is 0 Å². The normalized spacial score (nSPS) is 15.0. The molecule has 1 saturated heterocycles. The summed E-state index contributed by atoms with van der Waals surface area (Å²) in [7, 11) is 0. The fourth-order valence-corrected chi connectivity index (χ4v) is 4.24. The molecule has 0 radical (unpaired) electrons. The van der Waals surface area contributed by atoms with Crippen LogP contribution in [0.2, 0.25) is 0 Å². The maximum Gasteiger partial charge on any atom is 0.335 e. The summed E-state index contributed by atoms with van der Waals surface area (Å²) in [6.45, 7) is 4.46. The van der Waals surface area contributed by atoms with Crippen molar-refractivity contribution in [3.63, 3.8) is 0 Å². The van der Waals surface area contributed by atoms with E-state index in [1.54, 1.807) is 11.4 Å². The number of amides is 1. The highest BCUT2D eigenvalue weighted by Gasteiger charge is 2.22. The first-order valence-electron chi connectivity index (χ1n) is 8.64. The van der Waals surface area contributed by atoms with Crippen LogP contribution >= 0.6 is 27.3 Å². The van der Waals surface area contributed by atoms with Gasteiger partial charge in [-0.3, -0.25) is 4.79 Å². The second-order valence-corrected chi connectivity index (χ2v) is 7.80. The molecule has 0 bridgehead atoms. The molecule has 2 aromatic rings. The number of thiazole rings is 1. The summed E-state index contributed by atoms with van der Waals surface area (Å²) >= 11 is 4.73. The van der Waals surface area contributed by atoms with Gasteiger partial charge in [-0.05, 0) is 53.9 Å². The summed E-state index contributed by atoms with van der Waals surface area (Å²) in [5, 5.41) is 14.3. The first-order chi connectivity index (χ1) is 13.0. The van der Waals surface area contributed by atoms with Crippen molar-refractivity contribution in [3.8, 4) is 0 Å². The zero-order chi connectivity index (χ0) is 19.4. The molecule has 0 saturated carbocycles. The van der Waals surface area contributed by atoms with Crippen molar-refractivity contribution >= 4 is 50.0 Å². The number of halogens is 1. The van der Waals surface area contributed by atoms with E-state index in [9.17, 15) is 9.59 Å². The van der Waals surface area contributed by atoms with Gasteiger partial charge in [-0.15, -0.1) is 11.3 Å². The van der Waals surface area contributed by atoms with Crippen molar-refractivity contribution in [2.75, 3.05) is 29.9 Å². The molecule has 0 aliphatic carbocycles. The van der Waals surface area contributed by atoms with Crippen LogP contribution < -0.4 is 10.2 Å². The molecule has 0 spiro atoms. The minimum absolute atomic E-state index is 0.145. The standard InChI is InChI=1S/C18H20BrN3O4S/c1-2-26-12-5-7-22(8-6-12)18-21-15(10-27-18)16(23)20-14-4-3-11(17(24)25)9-13(14)19/h3-4,9-10,12H,2,5-8H2,1H3,(H,20,23)(H,24,25). The van der Waals surface area contributed by atoms with E-state index in [2.05, 4.69) is 31.1 Å². The van der Waals surface area contributed by atoms with E-state index < -0.39 is 5.97 Å². The molecule has 1 aromatic heterocycles. The summed E-state index contributed by atoms with van der Waals surface area (Å²) in [6, 6.07) is 4.45. The molecule has 2 heterocycles. The fourth-order valence-electron chi connectivity index (χ4n) is 2.90. The van der Waals surface area contributed by atoms with E-state index in [4.69, 9.17) is 9.84 Å². The van der Waals surface area contributed by atoms with Gasteiger partial charge in [0.2, 0.25) is 0 Å². The third-order valence-corrected chi connectivity index (χ3v) is 5.86. The Kier molecular flexibility index (Phi) is 6.46. The quantitative estimate of drug-likeness (QED) is 0.689. The van der Waals surface area contributed by atoms with Crippen LogP contribution in [0, 0.1) is 0 Å². The predicted octanol–water partition coefficient (Wildman–Crippen LogP) is 3.86. The van der Waals surface area contributed by atoms with Gasteiger partial charge in [0, 0.05) is 29.5 Å². The van der Waals surface area contributed by atoms with Crippen LogP contribution in [0.4, 0.5) is 10.8 Å². The molecule has 1 amide bonds. The molecule has 1 aromatic carbocycles. The zero-order valence-corrected chi connectivity index (χ0v) is 17.2. The Morgan fingerprint density at radius 3 is 2.78 bits per heavy atom. The number of hydrogen-bond donors (Lipinski definition) is 2. The van der Waals surface area contributed by atoms with Crippen LogP contribution in [0.3, 0.4) is 0 Å². The number of hydrogen-bond acceptors (Lipinski definition) is 6. The average Bonchev–Trinajstić information content (AvgIpc) is 3.14. The summed E-state index contributed by atoms with van der Waals surface area (Å²) in [5.74, 6) is -1.35. The van der Waals surface area contributed by atoms with Gasteiger partial charge in [0.25, 0.3) is 5.91 Å². The molecule has 7 nitrogen and oxygen atoms in total. The van der Waals surface area contributed by atoms with Crippen molar-refractivity contribution in [2.45, 2.75) is 25.9 Å². The predicted molar refractivity (Wildman–Crippen MR) is 108 cm³/mol. The number of piperidine rings is 1. The molecule has 1 fully saturated rings. The van der Waals surface area contributed by atoms with Gasteiger partial charge in [0.05, 0.1) is 17.4 Å². The Hall–Kier alpha value is -1.97. The molecule has 0 atom stereocenters. The van der Waals surface area contributed by atoms with Crippen molar-refractivity contribution in [1.29, 1.82) is 0 Å². The van der Waals surface area contributed by atoms with Crippen LogP contribution in [-0.4, -0.2) is 47.8 Å². The van der Waals surface area contributed by atoms with Crippen LogP contribution in [-0.2, 0) is 4.74 Å². The number of ether oxygens (including phenoxy) is 1. The minimum Gasteiger partial charge on any atom is -0.478 e. The van der Waals surface area contributed by atoms with Crippen LogP contribution in [0.25, 0.3) is 0 Å². The van der Waals surface area contributed by atoms with Crippen LogP contribution in [0.1, 0.15) is 40.6 Å². The van der Waals surface area contributed by atoms with Gasteiger partial charge in [-0.1, -0.05) is 0 Å². The topological polar surface area (TPSA) is 91.8 Å². The molecule has 3 rings (SSSR count). The lowest BCUT2D eigenvalue weighted by Crippen LogP contribution is -2.37. The van der Waals surface area contributed by atoms with Crippen molar-refractivity contribution in [3.05, 3.63) is 39.3 Å². The summed E-state index contributed by atoms with van der Waals surface area (Å²) < 4.78 is 6.17. The van der Waals surface area contributed by atoms with Crippen molar-refractivity contribution < 1.29 is 19.4 Å². The van der Waals surface area contributed by atoms with Crippen molar-refractivity contribution in [2.24, 2.45) is 0 Å². The highest BCUT2D eigenvalue weighted by Crippen LogP contribution is 2.27. The molecule has 27 heavy (non-hydrogen) atoms. The van der Waals surface area contributed by atoms with Gasteiger partial charge in [0.1, 0.15) is 5.69 Å². The molecular formula is C18H20BrN3O4S. The molecule has 9 heteroatoms. The maximum atomic E-state index is 12.5. The van der Waals surface area contributed by atoms with E-state index in [-0.39, 0.29) is 11.5 Å². The zero-order valence-electron chi connectivity index (χ0n) is 14.8. The van der Waals surface area contributed by atoms with Gasteiger partial charge < -0.3 is 20.1 Å². The molecular weight excluding hydrogens is 434 g/mol. The number of anilines is 2. The number of benzene rings is 1. The molecule has 1 aliphatic heterocycles. The third-order valence-electron chi connectivity index (χ3n) is 4.30. The lowest BCUT2D eigenvalue weighted by Gasteiger charge is -2.31. The summed E-state index contributed by atoms with van der Waals surface area (Å²) in [5.41, 5.74) is 0.986. The van der Waals surface area contributed by atoms with E-state index in [0.29, 0.717) is 22.0 Å². The minimum atomic E-state index is -1.02. The molecule has 1 aliphatic rings. The SMILES string of the molecule is CCOC1CCN(c2nc(C(=O)Nc3ccc(C(=O)O)cc3Br)cs2)CC1. The second kappa shape index (κ2) is 8.81. The first-order valence-corrected chi connectivity index (χ1v) is 10.3. The number of carbonyl (C=O) groups excluding carboxylic acids is 1. The molecule has 144 valence electrons. The first kappa shape index (κ1) is 19.8. The Morgan fingerprint density at radius 1 is 1.41 bits per heavy atom. The number of nitrogens with zero attached hydrogens (tertiary/aromatic N) is 2. The number of carbonyl (C=O) groups is 2. The molecule has 0 unspecified atom stereocenters. The van der Waals surface area contributed by atoms with E-state index in [1.807, 2.05) is 6.92 Å². The fraction of sp³-hybridized carbons (Fsp3) is 0.389. The highest BCUT2D eigenvalue weighted by atomic mass is 79.9. The Balaban J connectivity index is 1.63. The lowest BCUT2D eigenvalue weighted by molar-refractivity contribution is 0.0459. The monoisotopic (exact) mass is 453 g/mol. The average molecular weight is 454 g/mol. The van der Waals surface area contributed by atoms with E-state index >= 15 is 0 Å². The number of rotatable bonds is 6. The number of aromatic nitrogens is 1. The number of aromatic carboxylic acids is 1. The van der Waals surface area contributed by atoms with Gasteiger partial charge >= 0.3 is 5.97 Å². The van der Waals surface area contributed by atoms with Crippen LogP contribution in [0.15, 0.2) is 28.1 Å². The summed E-state index contributed by atoms with van der Waals surface area (Å²) in [6.07, 6.45) is 2.22. The molecule has 2 N–H and O–H groups in total. The highest BCUT2D eigenvalue weighted by molar-refractivity contribution is 9.10. The Labute approximate surface area is 169 Å². The summed E-state index contributed by atoms with van der Waals surface area (Å²) in [4.78, 5) is 30.1. The number of carboxylic acid groups (broad SMARTS) is 1. The van der Waals surface area contributed by atoms with Gasteiger partial charge in [0.15, 0.2) is 5.13 Å². The largest absolute Gasteiger partial charge is 0.478 e. The third kappa shape index (κ3) is 4.85. The van der Waals surface area contributed by atoms with Gasteiger partial charge in [-0.25, -0.2) is 9.78 Å². The number of nitrogens with one attached hydrogen (secondary N) is 1. The van der Waals surface area contributed by atoms with E-state index in [0.717, 1.165) is 37.7 Å². The Bertz CT molecular complexity index is 834. The maximum absolute atomic E-state index is 12.5. The van der Waals surface area contributed by atoms with Crippen molar-refractivity contribution in [1.82, 2.24) is 4.98 Å². The van der Waals surface area contributed by atoms with E-state index in [1.165, 1.54) is 23.5 Å². The smallest absolute Gasteiger partial charge is 0.335 e. The Morgan fingerprint density at radius 2 is 2.15 bits per heavy atom. The lowest BCUT2D eigenvalue weighted by atomic mass is 10.1.